The molecule has 0 atom stereocenters. The lowest BCUT2D eigenvalue weighted by Crippen LogP contribution is -2.27. The smallest absolute Gasteiger partial charge is 0.277 e. The van der Waals surface area contributed by atoms with E-state index in [0.717, 1.165) is 24.8 Å². The predicted molar refractivity (Wildman–Crippen MR) is 101 cm³/mol. The first-order valence-electron chi connectivity index (χ1n) is 7.31. The molecule has 0 unspecified atom stereocenters. The van der Waals surface area contributed by atoms with E-state index in [4.69, 9.17) is 16.0 Å². The summed E-state index contributed by atoms with van der Waals surface area (Å²) in [5, 5.41) is 9.38. The van der Waals surface area contributed by atoms with Crippen LogP contribution >= 0.6 is 46.0 Å². The van der Waals surface area contributed by atoms with E-state index < -0.39 is 0 Å². The molecule has 0 aromatic carbocycles. The molecule has 25 heavy (non-hydrogen) atoms. The molecular weight excluding hydrogens is 400 g/mol. The molecule has 0 aliphatic rings. The number of hydrogen-bond donors (Lipinski definition) is 0. The van der Waals surface area contributed by atoms with Crippen LogP contribution in [0.3, 0.4) is 0 Å². The molecule has 0 saturated carbocycles. The van der Waals surface area contributed by atoms with Gasteiger partial charge in [-0.25, -0.2) is 4.98 Å². The molecule has 0 aliphatic heterocycles. The first kappa shape index (κ1) is 18.4. The normalized spacial score (nSPS) is 11.0. The van der Waals surface area contributed by atoms with Crippen LogP contribution in [0.4, 0.5) is 0 Å². The lowest BCUT2D eigenvalue weighted by Gasteiger charge is -2.15. The van der Waals surface area contributed by atoms with Gasteiger partial charge in [0.05, 0.1) is 27.3 Å². The number of aryl methyl sites for hydroxylation is 2. The Balaban J connectivity index is 1.56. The van der Waals surface area contributed by atoms with Gasteiger partial charge in [-0.15, -0.1) is 32.9 Å². The Kier molecular flexibility index (Phi) is 5.78. The molecule has 10 heteroatoms. The zero-order valence-electron chi connectivity index (χ0n) is 13.8. The average molecular weight is 415 g/mol. The number of thioether (sulfide) groups is 1. The highest BCUT2D eigenvalue weighted by Crippen LogP contribution is 2.30. The summed E-state index contributed by atoms with van der Waals surface area (Å²) in [6.07, 6.45) is 0. The molecule has 0 spiro atoms. The lowest BCUT2D eigenvalue weighted by molar-refractivity contribution is -0.127. The van der Waals surface area contributed by atoms with Gasteiger partial charge in [-0.3, -0.25) is 4.79 Å². The zero-order valence-corrected chi connectivity index (χ0v) is 17.0. The Morgan fingerprint density at radius 1 is 1.32 bits per heavy atom. The summed E-state index contributed by atoms with van der Waals surface area (Å²) in [6, 6.07) is 3.76. The number of thiazole rings is 1. The second-order valence-corrected chi connectivity index (χ2v) is 9.19. The SMILES string of the molecule is Cc1nc(C)c(-c2nnc(SCC(=O)N(C)Cc3ccc(Cl)s3)o2)s1. The van der Waals surface area contributed by atoms with Crippen LogP contribution in [0.5, 0.6) is 0 Å². The maximum absolute atomic E-state index is 12.2. The number of carbonyl (C=O) groups excluding carboxylic acids is 1. The van der Waals surface area contributed by atoms with Crippen LogP contribution in [0.1, 0.15) is 15.6 Å². The van der Waals surface area contributed by atoms with Crippen molar-refractivity contribution in [1.82, 2.24) is 20.1 Å². The molecule has 6 nitrogen and oxygen atoms in total. The van der Waals surface area contributed by atoms with Gasteiger partial charge >= 0.3 is 0 Å². The predicted octanol–water partition coefficient (Wildman–Crippen LogP) is 4.28. The Morgan fingerprint density at radius 2 is 2.12 bits per heavy atom. The largest absolute Gasteiger partial charge is 0.410 e. The first-order valence-corrected chi connectivity index (χ1v) is 10.3. The van der Waals surface area contributed by atoms with E-state index in [-0.39, 0.29) is 11.7 Å². The van der Waals surface area contributed by atoms with Crippen LogP contribution in [-0.2, 0) is 11.3 Å². The fraction of sp³-hybridized carbons (Fsp3) is 0.333. The average Bonchev–Trinajstić information content (AvgIpc) is 3.26. The Bertz CT molecular complexity index is 889. The van der Waals surface area contributed by atoms with Crippen molar-refractivity contribution in [3.8, 4) is 10.8 Å². The van der Waals surface area contributed by atoms with Gasteiger partial charge in [0.15, 0.2) is 0 Å². The van der Waals surface area contributed by atoms with Gasteiger partial charge in [-0.1, -0.05) is 23.4 Å². The third-order valence-electron chi connectivity index (χ3n) is 3.27. The Morgan fingerprint density at radius 3 is 2.76 bits per heavy atom. The minimum absolute atomic E-state index is 0.0147. The van der Waals surface area contributed by atoms with E-state index in [9.17, 15) is 4.79 Å². The number of carbonyl (C=O) groups is 1. The third-order valence-corrected chi connectivity index (χ3v) is 6.35. The molecule has 3 aromatic heterocycles. The number of amides is 1. The molecule has 0 saturated heterocycles. The third kappa shape index (κ3) is 4.60. The first-order chi connectivity index (χ1) is 11.9. The monoisotopic (exact) mass is 414 g/mol. The number of halogens is 1. The van der Waals surface area contributed by atoms with Gasteiger partial charge in [0.2, 0.25) is 5.91 Å². The summed E-state index contributed by atoms with van der Waals surface area (Å²) in [4.78, 5) is 20.2. The molecule has 132 valence electrons. The highest BCUT2D eigenvalue weighted by molar-refractivity contribution is 7.99. The topological polar surface area (TPSA) is 72.1 Å². The molecule has 1 amide bonds. The van der Waals surface area contributed by atoms with Crippen LogP contribution in [0, 0.1) is 13.8 Å². The maximum atomic E-state index is 12.2. The van der Waals surface area contributed by atoms with Crippen LogP contribution in [0.2, 0.25) is 4.34 Å². The number of thiophene rings is 1. The highest BCUT2D eigenvalue weighted by atomic mass is 35.5. The van der Waals surface area contributed by atoms with Crippen molar-refractivity contribution in [2.45, 2.75) is 25.6 Å². The van der Waals surface area contributed by atoms with Gasteiger partial charge in [-0.05, 0) is 26.0 Å². The molecule has 0 aliphatic carbocycles. The molecule has 3 aromatic rings. The summed E-state index contributed by atoms with van der Waals surface area (Å²) in [6.45, 7) is 4.37. The minimum Gasteiger partial charge on any atom is -0.410 e. The standard InChI is InChI=1S/C15H15ClN4O2S3/c1-8-13(24-9(2)17-8)14-18-19-15(22-14)23-7-12(21)20(3)6-10-4-5-11(16)25-10/h4-5H,6-7H2,1-3H3. The van der Waals surface area contributed by atoms with Crippen LogP contribution in [0.25, 0.3) is 10.8 Å². The molecule has 0 fully saturated rings. The van der Waals surface area contributed by atoms with Gasteiger partial charge in [-0.2, -0.15) is 0 Å². The molecular formula is C15H15ClN4O2S3. The summed E-state index contributed by atoms with van der Waals surface area (Å²) >= 11 is 10.1. The Labute approximate surface area is 162 Å². The van der Waals surface area contributed by atoms with E-state index in [1.54, 1.807) is 11.9 Å². The number of nitrogens with zero attached hydrogens (tertiary/aromatic N) is 4. The maximum Gasteiger partial charge on any atom is 0.277 e. The van der Waals surface area contributed by atoms with Crippen LogP contribution in [-0.4, -0.2) is 38.8 Å². The van der Waals surface area contributed by atoms with Crippen molar-refractivity contribution in [1.29, 1.82) is 0 Å². The molecule has 0 radical (unpaired) electrons. The number of aromatic nitrogens is 3. The number of rotatable bonds is 6. The minimum atomic E-state index is -0.0147. The van der Waals surface area contributed by atoms with Gasteiger partial charge in [0, 0.05) is 11.9 Å². The second-order valence-electron chi connectivity index (χ2n) is 5.26. The van der Waals surface area contributed by atoms with E-state index >= 15 is 0 Å². The van der Waals surface area contributed by atoms with Crippen molar-refractivity contribution in [2.24, 2.45) is 0 Å². The second kappa shape index (κ2) is 7.86. The van der Waals surface area contributed by atoms with Gasteiger partial charge < -0.3 is 9.32 Å². The highest BCUT2D eigenvalue weighted by Gasteiger charge is 2.17. The summed E-state index contributed by atoms with van der Waals surface area (Å²) in [7, 11) is 1.76. The van der Waals surface area contributed by atoms with E-state index in [2.05, 4.69) is 15.2 Å². The van der Waals surface area contributed by atoms with Crippen molar-refractivity contribution < 1.29 is 9.21 Å². The fourth-order valence-corrected chi connectivity index (χ4v) is 4.77. The molecule has 3 heterocycles. The summed E-state index contributed by atoms with van der Waals surface area (Å²) in [5.41, 5.74) is 0.869. The quantitative estimate of drug-likeness (QED) is 0.560. The van der Waals surface area contributed by atoms with Gasteiger partial charge in [0.25, 0.3) is 11.1 Å². The Hall–Kier alpha value is -1.42. The number of hydrogen-bond acceptors (Lipinski definition) is 8. The van der Waals surface area contributed by atoms with Crippen molar-refractivity contribution in [3.63, 3.8) is 0 Å². The zero-order chi connectivity index (χ0) is 18.0. The lowest BCUT2D eigenvalue weighted by atomic mass is 10.4. The molecule has 0 bridgehead atoms. The van der Waals surface area contributed by atoms with Crippen molar-refractivity contribution >= 4 is 51.9 Å². The van der Waals surface area contributed by atoms with Gasteiger partial charge in [0.1, 0.15) is 4.88 Å². The molecule has 3 rings (SSSR count). The van der Waals surface area contributed by atoms with Crippen molar-refractivity contribution in [2.75, 3.05) is 12.8 Å². The fourth-order valence-electron chi connectivity index (χ4n) is 2.08. The summed E-state index contributed by atoms with van der Waals surface area (Å²) < 4.78 is 6.36. The van der Waals surface area contributed by atoms with Crippen molar-refractivity contribution in [3.05, 3.63) is 32.0 Å². The molecule has 0 N–H and O–H groups in total. The van der Waals surface area contributed by atoms with E-state index in [0.29, 0.717) is 17.7 Å². The van der Waals surface area contributed by atoms with Crippen LogP contribution in [0.15, 0.2) is 21.8 Å². The van der Waals surface area contributed by atoms with E-state index in [1.807, 2.05) is 26.0 Å². The van der Waals surface area contributed by atoms with Crippen LogP contribution < -0.4 is 0 Å². The van der Waals surface area contributed by atoms with E-state index in [1.165, 1.54) is 34.4 Å². The summed E-state index contributed by atoms with van der Waals surface area (Å²) in [5.74, 6) is 0.663.